The van der Waals surface area contributed by atoms with Crippen molar-refractivity contribution in [3.63, 3.8) is 0 Å². The molecule has 1 saturated carbocycles. The summed E-state index contributed by atoms with van der Waals surface area (Å²) in [6.45, 7) is 3.22. The van der Waals surface area contributed by atoms with E-state index in [0.717, 1.165) is 38.0 Å². The molecular formula is C19H29N5O. The van der Waals surface area contributed by atoms with Gasteiger partial charge in [0.25, 0.3) is 0 Å². The van der Waals surface area contributed by atoms with Crippen LogP contribution in [0.3, 0.4) is 0 Å². The van der Waals surface area contributed by atoms with Crippen LogP contribution in [-0.4, -0.2) is 47.8 Å². The standard InChI is InChI=1S/C19H29N5O/c1-23(17-7-8-17)19(21)22-11-14-4-2-5-15(10-14)12-24-9-3-6-16(13-24)18(20)25/h2,4-5,10,16-17H,3,6-9,11-13H2,1H3,(H2,20,25)(H2,21,22). The second kappa shape index (κ2) is 7.87. The summed E-state index contributed by atoms with van der Waals surface area (Å²) in [5.41, 5.74) is 13.9. The summed E-state index contributed by atoms with van der Waals surface area (Å²) in [6.07, 6.45) is 4.37. The smallest absolute Gasteiger partial charge is 0.221 e. The normalized spacial score (nSPS) is 22.0. The van der Waals surface area contributed by atoms with Crippen LogP contribution in [0.5, 0.6) is 0 Å². The summed E-state index contributed by atoms with van der Waals surface area (Å²) >= 11 is 0. The van der Waals surface area contributed by atoms with Gasteiger partial charge in [-0.1, -0.05) is 24.3 Å². The zero-order valence-corrected chi connectivity index (χ0v) is 15.0. The van der Waals surface area contributed by atoms with Gasteiger partial charge in [-0.3, -0.25) is 9.69 Å². The van der Waals surface area contributed by atoms with E-state index in [9.17, 15) is 4.79 Å². The van der Waals surface area contributed by atoms with Gasteiger partial charge in [-0.15, -0.1) is 0 Å². The molecule has 0 radical (unpaired) electrons. The molecule has 1 aliphatic carbocycles. The van der Waals surface area contributed by atoms with Crippen LogP contribution in [0.2, 0.25) is 0 Å². The first kappa shape index (κ1) is 17.7. The van der Waals surface area contributed by atoms with Crippen LogP contribution in [0.1, 0.15) is 36.8 Å². The molecule has 136 valence electrons. The first-order valence-corrected chi connectivity index (χ1v) is 9.15. The van der Waals surface area contributed by atoms with Crippen molar-refractivity contribution < 1.29 is 4.79 Å². The van der Waals surface area contributed by atoms with Gasteiger partial charge in [-0.05, 0) is 43.4 Å². The van der Waals surface area contributed by atoms with Crippen molar-refractivity contribution >= 4 is 11.9 Å². The molecule has 4 N–H and O–H groups in total. The minimum Gasteiger partial charge on any atom is -0.370 e. The Morgan fingerprint density at radius 3 is 2.76 bits per heavy atom. The van der Waals surface area contributed by atoms with E-state index < -0.39 is 0 Å². The lowest BCUT2D eigenvalue weighted by molar-refractivity contribution is -0.123. The average Bonchev–Trinajstić information content (AvgIpc) is 3.44. The highest BCUT2D eigenvalue weighted by molar-refractivity contribution is 5.78. The Morgan fingerprint density at radius 2 is 2.04 bits per heavy atom. The molecule has 3 rings (SSSR count). The average molecular weight is 343 g/mol. The molecular weight excluding hydrogens is 314 g/mol. The van der Waals surface area contributed by atoms with Gasteiger partial charge in [-0.2, -0.15) is 0 Å². The van der Waals surface area contributed by atoms with Crippen LogP contribution in [0.4, 0.5) is 0 Å². The van der Waals surface area contributed by atoms with Crippen LogP contribution in [0.15, 0.2) is 29.3 Å². The lowest BCUT2D eigenvalue weighted by atomic mass is 9.97. The van der Waals surface area contributed by atoms with Crippen molar-refractivity contribution in [2.75, 3.05) is 20.1 Å². The van der Waals surface area contributed by atoms with E-state index in [1.54, 1.807) is 0 Å². The number of rotatable bonds is 6. The number of hydrogen-bond donors (Lipinski definition) is 2. The zero-order chi connectivity index (χ0) is 17.8. The molecule has 2 aliphatic rings. The molecule has 25 heavy (non-hydrogen) atoms. The molecule has 1 saturated heterocycles. The molecule has 0 spiro atoms. The molecule has 1 aromatic carbocycles. The minimum absolute atomic E-state index is 0.0145. The first-order chi connectivity index (χ1) is 12.0. The lowest BCUT2D eigenvalue weighted by Gasteiger charge is -2.31. The van der Waals surface area contributed by atoms with Crippen LogP contribution < -0.4 is 11.5 Å². The van der Waals surface area contributed by atoms with E-state index in [0.29, 0.717) is 18.5 Å². The molecule has 2 fully saturated rings. The maximum atomic E-state index is 11.4. The molecule has 1 heterocycles. The van der Waals surface area contributed by atoms with E-state index in [-0.39, 0.29) is 11.8 Å². The molecule has 1 unspecified atom stereocenters. The van der Waals surface area contributed by atoms with Crippen molar-refractivity contribution in [3.05, 3.63) is 35.4 Å². The molecule has 1 aromatic rings. The largest absolute Gasteiger partial charge is 0.370 e. The summed E-state index contributed by atoms with van der Waals surface area (Å²) in [7, 11) is 2.01. The Morgan fingerprint density at radius 1 is 1.28 bits per heavy atom. The Hall–Kier alpha value is -2.08. The van der Waals surface area contributed by atoms with E-state index in [1.165, 1.54) is 18.4 Å². The SMILES string of the molecule is CN(C(N)=NCc1cccc(CN2CCCC(C(N)=O)C2)c1)C1CC1. The number of piperidine rings is 1. The van der Waals surface area contributed by atoms with Gasteiger partial charge in [0.2, 0.25) is 5.91 Å². The highest BCUT2D eigenvalue weighted by Crippen LogP contribution is 2.25. The van der Waals surface area contributed by atoms with E-state index in [1.807, 2.05) is 7.05 Å². The number of amides is 1. The topological polar surface area (TPSA) is 87.9 Å². The van der Waals surface area contributed by atoms with Crippen LogP contribution in [0, 0.1) is 5.92 Å². The Kier molecular flexibility index (Phi) is 5.58. The zero-order valence-electron chi connectivity index (χ0n) is 15.0. The van der Waals surface area contributed by atoms with Gasteiger partial charge < -0.3 is 16.4 Å². The first-order valence-electron chi connectivity index (χ1n) is 9.15. The van der Waals surface area contributed by atoms with Crippen LogP contribution >= 0.6 is 0 Å². The Balaban J connectivity index is 1.57. The summed E-state index contributed by atoms with van der Waals surface area (Å²) < 4.78 is 0. The second-order valence-electron chi connectivity index (χ2n) is 7.31. The van der Waals surface area contributed by atoms with E-state index >= 15 is 0 Å². The summed E-state index contributed by atoms with van der Waals surface area (Å²) in [4.78, 5) is 20.3. The number of primary amides is 1. The number of carbonyl (C=O) groups is 1. The van der Waals surface area contributed by atoms with E-state index in [4.69, 9.17) is 11.5 Å². The van der Waals surface area contributed by atoms with Crippen LogP contribution in [0.25, 0.3) is 0 Å². The molecule has 6 nitrogen and oxygen atoms in total. The van der Waals surface area contributed by atoms with Crippen LogP contribution in [-0.2, 0) is 17.9 Å². The molecule has 1 atom stereocenters. The molecule has 1 aliphatic heterocycles. The highest BCUT2D eigenvalue weighted by atomic mass is 16.1. The number of guanidine groups is 1. The Bertz CT molecular complexity index is 640. The number of nitrogens with two attached hydrogens (primary N) is 2. The van der Waals surface area contributed by atoms with Gasteiger partial charge in [-0.25, -0.2) is 4.99 Å². The number of likely N-dealkylation sites (tertiary alicyclic amines) is 1. The lowest BCUT2D eigenvalue weighted by Crippen LogP contribution is -2.40. The number of aliphatic imine (C=N–C) groups is 1. The third-order valence-corrected chi connectivity index (χ3v) is 5.19. The minimum atomic E-state index is -0.178. The number of benzene rings is 1. The summed E-state index contributed by atoms with van der Waals surface area (Å²) in [5, 5.41) is 0. The van der Waals surface area contributed by atoms with E-state index in [2.05, 4.69) is 39.1 Å². The molecule has 6 heteroatoms. The molecule has 0 bridgehead atoms. The fourth-order valence-corrected chi connectivity index (χ4v) is 3.45. The molecule has 0 aromatic heterocycles. The maximum absolute atomic E-state index is 11.4. The predicted octanol–water partition coefficient (Wildman–Crippen LogP) is 1.29. The van der Waals surface area contributed by atoms with Gasteiger partial charge >= 0.3 is 0 Å². The number of carbonyl (C=O) groups excluding carboxylic acids is 1. The number of hydrogen-bond acceptors (Lipinski definition) is 3. The van der Waals surface area contributed by atoms with Gasteiger partial charge in [0.05, 0.1) is 12.5 Å². The van der Waals surface area contributed by atoms with Crippen molar-refractivity contribution in [3.8, 4) is 0 Å². The predicted molar refractivity (Wildman–Crippen MR) is 99.7 cm³/mol. The fraction of sp³-hybridized carbons (Fsp3) is 0.579. The van der Waals surface area contributed by atoms with Crippen molar-refractivity contribution in [1.82, 2.24) is 9.80 Å². The second-order valence-corrected chi connectivity index (χ2v) is 7.31. The Labute approximate surface area is 149 Å². The highest BCUT2D eigenvalue weighted by Gasteiger charge is 2.27. The fourth-order valence-electron chi connectivity index (χ4n) is 3.45. The van der Waals surface area contributed by atoms with Gasteiger partial charge in [0.1, 0.15) is 0 Å². The maximum Gasteiger partial charge on any atom is 0.221 e. The van der Waals surface area contributed by atoms with Crippen molar-refractivity contribution in [1.29, 1.82) is 0 Å². The van der Waals surface area contributed by atoms with Crippen molar-refractivity contribution in [2.45, 2.75) is 44.8 Å². The summed E-state index contributed by atoms with van der Waals surface area (Å²) in [5.74, 6) is 0.426. The van der Waals surface area contributed by atoms with Crippen molar-refractivity contribution in [2.24, 2.45) is 22.4 Å². The van der Waals surface area contributed by atoms with Gasteiger partial charge in [0, 0.05) is 26.2 Å². The quantitative estimate of drug-likeness (QED) is 0.602. The monoisotopic (exact) mass is 343 g/mol. The molecule has 1 amide bonds. The third-order valence-electron chi connectivity index (χ3n) is 5.19. The van der Waals surface area contributed by atoms with Gasteiger partial charge in [0.15, 0.2) is 5.96 Å². The third kappa shape index (κ3) is 4.95. The number of nitrogens with zero attached hydrogens (tertiary/aromatic N) is 3. The summed E-state index contributed by atoms with van der Waals surface area (Å²) in [6, 6.07) is 9.03.